The highest BCUT2D eigenvalue weighted by molar-refractivity contribution is 6.33. The molecule has 0 spiro atoms. The molecule has 0 radical (unpaired) electrons. The summed E-state index contributed by atoms with van der Waals surface area (Å²) in [6.45, 7) is 4.34. The third-order valence-electron chi connectivity index (χ3n) is 4.68. The minimum Gasteiger partial charge on any atom is -0.370 e. The molecule has 21 heavy (non-hydrogen) atoms. The Bertz CT molecular complexity index is 561. The minimum absolute atomic E-state index is 0.00852. The standard InChI is InChI=1S/C16H22ClN3O/c1-3-10-5-4-6-20(9-10)14-8-13-11(7-12(14)17)15(18-2)16(21)19-13/h7-8,10,15,18H,3-6,9H2,1-2H3,(H,19,21). The summed E-state index contributed by atoms with van der Waals surface area (Å²) < 4.78 is 0. The van der Waals surface area contributed by atoms with Gasteiger partial charge in [-0.05, 0) is 37.9 Å². The molecule has 2 unspecified atom stereocenters. The van der Waals surface area contributed by atoms with Gasteiger partial charge in [0.15, 0.2) is 0 Å². The summed E-state index contributed by atoms with van der Waals surface area (Å²) in [5, 5.41) is 6.71. The number of rotatable bonds is 3. The van der Waals surface area contributed by atoms with Crippen LogP contribution in [0.2, 0.25) is 5.02 Å². The van der Waals surface area contributed by atoms with Gasteiger partial charge in [0.2, 0.25) is 5.91 Å². The molecule has 2 N–H and O–H groups in total. The second kappa shape index (κ2) is 5.85. The van der Waals surface area contributed by atoms with Crippen LogP contribution in [0.5, 0.6) is 0 Å². The van der Waals surface area contributed by atoms with Crippen LogP contribution >= 0.6 is 11.6 Å². The number of benzene rings is 1. The van der Waals surface area contributed by atoms with E-state index in [1.54, 1.807) is 7.05 Å². The van der Waals surface area contributed by atoms with E-state index in [2.05, 4.69) is 22.5 Å². The first-order chi connectivity index (χ1) is 10.1. The average Bonchev–Trinajstić information content (AvgIpc) is 2.80. The molecule has 0 aliphatic carbocycles. The quantitative estimate of drug-likeness (QED) is 0.901. The molecule has 1 amide bonds. The van der Waals surface area contributed by atoms with Gasteiger partial charge in [-0.3, -0.25) is 4.79 Å². The van der Waals surface area contributed by atoms with Crippen molar-refractivity contribution in [2.75, 3.05) is 30.4 Å². The number of hydrogen-bond donors (Lipinski definition) is 2. The van der Waals surface area contributed by atoms with Crippen molar-refractivity contribution in [3.63, 3.8) is 0 Å². The molecule has 5 heteroatoms. The molecular weight excluding hydrogens is 286 g/mol. The van der Waals surface area contributed by atoms with Gasteiger partial charge in [-0.1, -0.05) is 24.9 Å². The summed E-state index contributed by atoms with van der Waals surface area (Å²) in [5.41, 5.74) is 2.88. The van der Waals surface area contributed by atoms with E-state index in [-0.39, 0.29) is 11.9 Å². The summed E-state index contributed by atoms with van der Waals surface area (Å²) in [7, 11) is 1.79. The molecule has 2 aliphatic rings. The molecule has 1 aromatic carbocycles. The molecule has 2 aliphatic heterocycles. The lowest BCUT2D eigenvalue weighted by atomic mass is 9.95. The summed E-state index contributed by atoms with van der Waals surface area (Å²) in [5.74, 6) is 0.730. The number of nitrogens with one attached hydrogen (secondary N) is 2. The van der Waals surface area contributed by atoms with E-state index in [0.717, 1.165) is 41.0 Å². The van der Waals surface area contributed by atoms with Crippen molar-refractivity contribution in [3.8, 4) is 0 Å². The highest BCUT2D eigenvalue weighted by Crippen LogP contribution is 2.40. The lowest BCUT2D eigenvalue weighted by molar-refractivity contribution is -0.117. The van der Waals surface area contributed by atoms with Crippen molar-refractivity contribution in [3.05, 3.63) is 22.7 Å². The fraction of sp³-hybridized carbons (Fsp3) is 0.562. The van der Waals surface area contributed by atoms with Gasteiger partial charge in [-0.25, -0.2) is 0 Å². The summed E-state index contributed by atoms with van der Waals surface area (Å²) >= 11 is 6.49. The number of fused-ring (bicyclic) bond motifs is 1. The Morgan fingerprint density at radius 1 is 1.48 bits per heavy atom. The highest BCUT2D eigenvalue weighted by atomic mass is 35.5. The molecular formula is C16H22ClN3O. The van der Waals surface area contributed by atoms with Gasteiger partial charge in [-0.2, -0.15) is 0 Å². The second-order valence-corrected chi connectivity index (χ2v) is 6.37. The van der Waals surface area contributed by atoms with Gasteiger partial charge < -0.3 is 15.5 Å². The number of likely N-dealkylation sites (N-methyl/N-ethyl adjacent to an activating group) is 1. The van der Waals surface area contributed by atoms with Gasteiger partial charge in [-0.15, -0.1) is 0 Å². The van der Waals surface area contributed by atoms with Crippen molar-refractivity contribution >= 4 is 28.9 Å². The van der Waals surface area contributed by atoms with Gasteiger partial charge in [0, 0.05) is 24.3 Å². The van der Waals surface area contributed by atoms with Crippen LogP contribution in [0.3, 0.4) is 0 Å². The van der Waals surface area contributed by atoms with Crippen LogP contribution in [0.1, 0.15) is 37.8 Å². The molecule has 0 saturated carbocycles. The molecule has 1 fully saturated rings. The number of anilines is 2. The maximum absolute atomic E-state index is 11.9. The molecule has 1 saturated heterocycles. The number of carbonyl (C=O) groups excluding carboxylic acids is 1. The van der Waals surface area contributed by atoms with Crippen molar-refractivity contribution in [1.82, 2.24) is 5.32 Å². The zero-order chi connectivity index (χ0) is 15.0. The van der Waals surface area contributed by atoms with Crippen molar-refractivity contribution in [2.24, 2.45) is 5.92 Å². The zero-order valence-corrected chi connectivity index (χ0v) is 13.3. The SMILES string of the molecule is CCC1CCCN(c2cc3c(cc2Cl)C(NC)C(=O)N3)C1. The Morgan fingerprint density at radius 2 is 2.29 bits per heavy atom. The van der Waals surface area contributed by atoms with E-state index in [0.29, 0.717) is 0 Å². The fourth-order valence-electron chi connectivity index (χ4n) is 3.42. The maximum atomic E-state index is 11.9. The van der Waals surface area contributed by atoms with E-state index in [9.17, 15) is 4.79 Å². The fourth-order valence-corrected chi connectivity index (χ4v) is 3.71. The first-order valence-electron chi connectivity index (χ1n) is 7.70. The summed E-state index contributed by atoms with van der Waals surface area (Å²) in [4.78, 5) is 14.3. The number of nitrogens with zero attached hydrogens (tertiary/aromatic N) is 1. The zero-order valence-electron chi connectivity index (χ0n) is 12.6. The first-order valence-corrected chi connectivity index (χ1v) is 8.08. The molecule has 114 valence electrons. The Morgan fingerprint density at radius 3 is 3.00 bits per heavy atom. The third-order valence-corrected chi connectivity index (χ3v) is 4.98. The van der Waals surface area contributed by atoms with Crippen molar-refractivity contribution < 1.29 is 4.79 Å². The lowest BCUT2D eigenvalue weighted by Gasteiger charge is -2.34. The predicted molar refractivity (Wildman–Crippen MR) is 87.1 cm³/mol. The van der Waals surface area contributed by atoms with Crippen LogP contribution in [-0.2, 0) is 4.79 Å². The van der Waals surface area contributed by atoms with Crippen molar-refractivity contribution in [1.29, 1.82) is 0 Å². The maximum Gasteiger partial charge on any atom is 0.246 e. The van der Waals surface area contributed by atoms with E-state index in [1.807, 2.05) is 12.1 Å². The average molecular weight is 308 g/mol. The van der Waals surface area contributed by atoms with E-state index < -0.39 is 0 Å². The Labute approximate surface area is 130 Å². The Hall–Kier alpha value is -1.26. The van der Waals surface area contributed by atoms with Crippen LogP contribution in [-0.4, -0.2) is 26.0 Å². The molecule has 4 nitrogen and oxygen atoms in total. The molecule has 0 bridgehead atoms. The molecule has 2 atom stereocenters. The molecule has 1 aromatic rings. The predicted octanol–water partition coefficient (Wildman–Crippen LogP) is 3.18. The van der Waals surface area contributed by atoms with Gasteiger partial charge in [0.1, 0.15) is 6.04 Å². The minimum atomic E-state index is -0.295. The molecule has 0 aromatic heterocycles. The van der Waals surface area contributed by atoms with Crippen LogP contribution < -0.4 is 15.5 Å². The third kappa shape index (κ3) is 2.62. The summed E-state index contributed by atoms with van der Waals surface area (Å²) in [6, 6.07) is 3.67. The number of carbonyl (C=O) groups is 1. The Kier molecular flexibility index (Phi) is 4.09. The highest BCUT2D eigenvalue weighted by Gasteiger charge is 2.31. The smallest absolute Gasteiger partial charge is 0.246 e. The largest absolute Gasteiger partial charge is 0.370 e. The number of amides is 1. The number of hydrogen-bond acceptors (Lipinski definition) is 3. The summed E-state index contributed by atoms with van der Waals surface area (Å²) in [6.07, 6.45) is 3.71. The van der Waals surface area contributed by atoms with E-state index in [1.165, 1.54) is 19.3 Å². The van der Waals surface area contributed by atoms with Gasteiger partial charge in [0.25, 0.3) is 0 Å². The normalized spacial score (nSPS) is 24.9. The van der Waals surface area contributed by atoms with E-state index in [4.69, 9.17) is 11.6 Å². The Balaban J connectivity index is 1.91. The van der Waals surface area contributed by atoms with Crippen LogP contribution in [0, 0.1) is 5.92 Å². The first kappa shape index (κ1) is 14.7. The molecule has 3 rings (SSSR count). The van der Waals surface area contributed by atoms with Gasteiger partial charge >= 0.3 is 0 Å². The molecule has 2 heterocycles. The number of halogens is 1. The number of piperidine rings is 1. The van der Waals surface area contributed by atoms with Crippen LogP contribution in [0.4, 0.5) is 11.4 Å². The second-order valence-electron chi connectivity index (χ2n) is 5.96. The van der Waals surface area contributed by atoms with Crippen molar-refractivity contribution in [2.45, 2.75) is 32.2 Å². The lowest BCUT2D eigenvalue weighted by Crippen LogP contribution is -2.35. The monoisotopic (exact) mass is 307 g/mol. The topological polar surface area (TPSA) is 44.4 Å². The van der Waals surface area contributed by atoms with E-state index >= 15 is 0 Å². The van der Waals surface area contributed by atoms with Gasteiger partial charge in [0.05, 0.1) is 10.7 Å². The van der Waals surface area contributed by atoms with Crippen LogP contribution in [0.15, 0.2) is 12.1 Å². The van der Waals surface area contributed by atoms with Crippen LogP contribution in [0.25, 0.3) is 0 Å².